The van der Waals surface area contributed by atoms with Crippen LogP contribution in [0.2, 0.25) is 0 Å². The molecule has 1 N–H and O–H groups in total. The highest BCUT2D eigenvalue weighted by atomic mass is 16.6. The number of nitro groups is 1. The van der Waals surface area contributed by atoms with Gasteiger partial charge in [-0.05, 0) is 19.9 Å². The van der Waals surface area contributed by atoms with Gasteiger partial charge in [0.2, 0.25) is 0 Å². The maximum absolute atomic E-state index is 10.7. The quantitative estimate of drug-likeness (QED) is 0.368. The van der Waals surface area contributed by atoms with Gasteiger partial charge in [0.1, 0.15) is 5.69 Å². The topological polar surface area (TPSA) is 88.1 Å². The van der Waals surface area contributed by atoms with Crippen molar-refractivity contribution < 1.29 is 10.1 Å². The molecule has 6 heteroatoms. The van der Waals surface area contributed by atoms with Gasteiger partial charge in [0.25, 0.3) is 5.69 Å². The average molecular weight is 221 g/mol. The van der Waals surface area contributed by atoms with Gasteiger partial charge in [0.05, 0.1) is 16.3 Å². The lowest BCUT2D eigenvalue weighted by molar-refractivity contribution is -0.384. The largest absolute Gasteiger partial charge is 0.411 e. The van der Waals surface area contributed by atoms with E-state index in [4.69, 9.17) is 5.21 Å². The molecule has 0 unspecified atom stereocenters. The zero-order valence-electron chi connectivity index (χ0n) is 8.91. The third kappa shape index (κ3) is 2.63. The van der Waals surface area contributed by atoms with Gasteiger partial charge in [-0.15, -0.1) is 0 Å². The van der Waals surface area contributed by atoms with Crippen LogP contribution in [0.15, 0.2) is 34.4 Å². The minimum Gasteiger partial charge on any atom is -0.411 e. The van der Waals surface area contributed by atoms with Crippen molar-refractivity contribution in [2.75, 3.05) is 0 Å². The van der Waals surface area contributed by atoms with Gasteiger partial charge in [-0.3, -0.25) is 10.1 Å². The molecular formula is C10H11N3O3. The summed E-state index contributed by atoms with van der Waals surface area (Å²) in [6.07, 6.45) is 0. The van der Waals surface area contributed by atoms with E-state index in [1.165, 1.54) is 12.1 Å². The summed E-state index contributed by atoms with van der Waals surface area (Å²) in [7, 11) is 0. The molecule has 0 spiro atoms. The van der Waals surface area contributed by atoms with Gasteiger partial charge >= 0.3 is 0 Å². The first-order chi connectivity index (χ1) is 7.56. The minimum absolute atomic E-state index is 0.0763. The molecule has 0 atom stereocenters. The monoisotopic (exact) mass is 221 g/mol. The lowest BCUT2D eigenvalue weighted by Crippen LogP contribution is -2.04. The molecule has 0 saturated carbocycles. The van der Waals surface area contributed by atoms with Gasteiger partial charge in [-0.2, -0.15) is 0 Å². The van der Waals surface area contributed by atoms with E-state index in [-0.39, 0.29) is 11.4 Å². The minimum atomic E-state index is -0.502. The van der Waals surface area contributed by atoms with Crippen LogP contribution in [-0.2, 0) is 0 Å². The zero-order chi connectivity index (χ0) is 12.1. The third-order valence-corrected chi connectivity index (χ3v) is 2.04. The SMILES string of the molecule is CC(=Nc1ccccc1[N+](=O)[O-])/C(C)=N\O. The molecule has 0 aliphatic heterocycles. The molecule has 0 aliphatic rings. The standard InChI is InChI=1S/C10H11N3O3/c1-7(8(2)12-14)11-9-5-3-4-6-10(9)13(15)16/h3-6,14H,1-2H3/b11-7?,12-8-. The Hall–Kier alpha value is -2.24. The molecule has 0 bridgehead atoms. The van der Waals surface area contributed by atoms with E-state index in [0.717, 1.165) is 0 Å². The Kier molecular flexibility index (Phi) is 3.71. The predicted octanol–water partition coefficient (Wildman–Crippen LogP) is 2.54. The lowest BCUT2D eigenvalue weighted by atomic mass is 10.2. The molecule has 0 aromatic heterocycles. The summed E-state index contributed by atoms with van der Waals surface area (Å²) < 4.78 is 0. The summed E-state index contributed by atoms with van der Waals surface area (Å²) in [5, 5.41) is 22.2. The molecule has 0 radical (unpaired) electrons. The van der Waals surface area contributed by atoms with Gasteiger partial charge in [0.15, 0.2) is 0 Å². The number of nitro benzene ring substituents is 1. The van der Waals surface area contributed by atoms with Crippen molar-refractivity contribution in [2.24, 2.45) is 10.1 Å². The van der Waals surface area contributed by atoms with E-state index in [1.807, 2.05) is 0 Å². The van der Waals surface area contributed by atoms with Gasteiger partial charge in [-0.25, -0.2) is 4.99 Å². The van der Waals surface area contributed by atoms with E-state index in [2.05, 4.69) is 10.1 Å². The van der Waals surface area contributed by atoms with Crippen LogP contribution < -0.4 is 0 Å². The van der Waals surface area contributed by atoms with Crippen molar-refractivity contribution in [1.82, 2.24) is 0 Å². The highest BCUT2D eigenvalue weighted by molar-refractivity contribution is 6.40. The van der Waals surface area contributed by atoms with Gasteiger partial charge in [-0.1, -0.05) is 17.3 Å². The maximum Gasteiger partial charge on any atom is 0.294 e. The molecule has 0 amide bonds. The van der Waals surface area contributed by atoms with Gasteiger partial charge < -0.3 is 5.21 Å². The van der Waals surface area contributed by atoms with E-state index in [1.54, 1.807) is 26.0 Å². The fraction of sp³-hybridized carbons (Fsp3) is 0.200. The van der Waals surface area contributed by atoms with E-state index < -0.39 is 4.92 Å². The number of nitrogens with zero attached hydrogens (tertiary/aromatic N) is 3. The Labute approximate surface area is 92.1 Å². The summed E-state index contributed by atoms with van der Waals surface area (Å²) in [4.78, 5) is 14.2. The molecule has 1 rings (SSSR count). The second-order valence-corrected chi connectivity index (χ2v) is 3.13. The molecule has 0 aliphatic carbocycles. The molecule has 16 heavy (non-hydrogen) atoms. The van der Waals surface area contributed by atoms with Crippen molar-refractivity contribution in [2.45, 2.75) is 13.8 Å². The van der Waals surface area contributed by atoms with Crippen LogP contribution in [0.3, 0.4) is 0 Å². The molecule has 0 saturated heterocycles. The highest BCUT2D eigenvalue weighted by Gasteiger charge is 2.11. The number of benzene rings is 1. The second-order valence-electron chi connectivity index (χ2n) is 3.13. The Morgan fingerprint density at radius 3 is 2.50 bits per heavy atom. The van der Waals surface area contributed by atoms with Crippen LogP contribution in [-0.4, -0.2) is 21.6 Å². The highest BCUT2D eigenvalue weighted by Crippen LogP contribution is 2.26. The fourth-order valence-electron chi connectivity index (χ4n) is 1.05. The smallest absolute Gasteiger partial charge is 0.294 e. The number of hydrogen-bond donors (Lipinski definition) is 1. The van der Waals surface area contributed by atoms with Crippen LogP contribution in [0.25, 0.3) is 0 Å². The maximum atomic E-state index is 10.7. The van der Waals surface area contributed by atoms with Crippen molar-refractivity contribution in [1.29, 1.82) is 0 Å². The molecule has 84 valence electrons. The third-order valence-electron chi connectivity index (χ3n) is 2.04. The van der Waals surface area contributed by atoms with Crippen molar-refractivity contribution >= 4 is 22.8 Å². The Morgan fingerprint density at radius 1 is 1.31 bits per heavy atom. The summed E-state index contributed by atoms with van der Waals surface area (Å²) in [5.74, 6) is 0. The van der Waals surface area contributed by atoms with Crippen LogP contribution in [0, 0.1) is 10.1 Å². The Balaban J connectivity index is 3.20. The van der Waals surface area contributed by atoms with E-state index in [0.29, 0.717) is 11.4 Å². The van der Waals surface area contributed by atoms with E-state index >= 15 is 0 Å². The number of aliphatic imine (C=N–C) groups is 1. The molecule has 1 aromatic rings. The zero-order valence-corrected chi connectivity index (χ0v) is 8.91. The molecule has 1 aromatic carbocycles. The predicted molar refractivity (Wildman–Crippen MR) is 60.8 cm³/mol. The van der Waals surface area contributed by atoms with Crippen LogP contribution in [0.5, 0.6) is 0 Å². The average Bonchev–Trinajstić information content (AvgIpc) is 2.28. The molecule has 0 fully saturated rings. The van der Waals surface area contributed by atoms with Crippen molar-refractivity contribution in [3.05, 3.63) is 34.4 Å². The van der Waals surface area contributed by atoms with Crippen LogP contribution in [0.1, 0.15) is 13.8 Å². The summed E-state index contributed by atoms with van der Waals surface area (Å²) in [6, 6.07) is 6.13. The number of rotatable bonds is 3. The number of oxime groups is 1. The van der Waals surface area contributed by atoms with Gasteiger partial charge in [0, 0.05) is 6.07 Å². The molecule has 0 heterocycles. The number of para-hydroxylation sites is 2. The second kappa shape index (κ2) is 5.01. The first-order valence-electron chi connectivity index (χ1n) is 4.54. The van der Waals surface area contributed by atoms with Crippen LogP contribution >= 0.6 is 0 Å². The lowest BCUT2D eigenvalue weighted by Gasteiger charge is -1.99. The fourth-order valence-corrected chi connectivity index (χ4v) is 1.05. The normalized spacial score (nSPS) is 12.6. The summed E-state index contributed by atoms with van der Waals surface area (Å²) in [6.45, 7) is 3.18. The Bertz CT molecular complexity index is 466. The van der Waals surface area contributed by atoms with E-state index in [9.17, 15) is 10.1 Å². The summed E-state index contributed by atoms with van der Waals surface area (Å²) >= 11 is 0. The Morgan fingerprint density at radius 2 is 1.94 bits per heavy atom. The van der Waals surface area contributed by atoms with Crippen molar-refractivity contribution in [3.8, 4) is 0 Å². The first-order valence-corrected chi connectivity index (χ1v) is 4.54. The number of hydrogen-bond acceptors (Lipinski definition) is 5. The van der Waals surface area contributed by atoms with Crippen LogP contribution in [0.4, 0.5) is 11.4 Å². The first kappa shape index (κ1) is 11.8. The molecule has 6 nitrogen and oxygen atoms in total. The summed E-state index contributed by atoms with van der Waals surface area (Å²) in [5.41, 5.74) is 0.913. The van der Waals surface area contributed by atoms with Crippen molar-refractivity contribution in [3.63, 3.8) is 0 Å². The molecular weight excluding hydrogens is 210 g/mol.